The van der Waals surface area contributed by atoms with E-state index in [4.69, 9.17) is 5.73 Å². The summed E-state index contributed by atoms with van der Waals surface area (Å²) in [6.07, 6.45) is 0. The first-order chi connectivity index (χ1) is 6.11. The molecule has 0 saturated carbocycles. The van der Waals surface area contributed by atoms with E-state index >= 15 is 0 Å². The molecule has 70 valence electrons. The van der Waals surface area contributed by atoms with Gasteiger partial charge in [0.2, 0.25) is 0 Å². The molecular formula is C5H7N5OS2. The summed E-state index contributed by atoms with van der Waals surface area (Å²) >= 11 is 5.51. The molecule has 1 aromatic rings. The van der Waals surface area contributed by atoms with Gasteiger partial charge in [-0.25, -0.2) is 0 Å². The molecular weight excluding hydrogens is 210 g/mol. The van der Waals surface area contributed by atoms with Gasteiger partial charge in [-0.1, -0.05) is 4.49 Å². The van der Waals surface area contributed by atoms with E-state index in [-0.39, 0.29) is 11.0 Å². The predicted molar refractivity (Wildman–Crippen MR) is 52.0 cm³/mol. The van der Waals surface area contributed by atoms with Crippen molar-refractivity contribution in [1.29, 1.82) is 0 Å². The highest BCUT2D eigenvalue weighted by Gasteiger charge is 2.12. The molecule has 8 heteroatoms. The number of aryl methyl sites for hydroxylation is 1. The summed E-state index contributed by atoms with van der Waals surface area (Å²) in [6.45, 7) is 1.69. The van der Waals surface area contributed by atoms with Crippen LogP contribution >= 0.6 is 23.8 Å². The molecule has 0 aliphatic rings. The number of rotatable bonds is 1. The minimum atomic E-state index is -0.347. The number of hydrogen-bond acceptors (Lipinski definition) is 5. The Morgan fingerprint density at radius 1 is 1.62 bits per heavy atom. The number of aromatic nitrogens is 2. The van der Waals surface area contributed by atoms with E-state index in [9.17, 15) is 4.79 Å². The van der Waals surface area contributed by atoms with Gasteiger partial charge in [0.1, 0.15) is 4.88 Å². The van der Waals surface area contributed by atoms with Crippen LogP contribution in [0, 0.1) is 6.92 Å². The second kappa shape index (κ2) is 4.10. The van der Waals surface area contributed by atoms with Crippen molar-refractivity contribution in [2.45, 2.75) is 6.92 Å². The fourth-order valence-electron chi connectivity index (χ4n) is 0.615. The normalized spacial score (nSPS) is 9.31. The van der Waals surface area contributed by atoms with Crippen LogP contribution in [0.4, 0.5) is 0 Å². The minimum absolute atomic E-state index is 0.00322. The molecule has 0 unspecified atom stereocenters. The van der Waals surface area contributed by atoms with Crippen molar-refractivity contribution in [2.75, 3.05) is 0 Å². The monoisotopic (exact) mass is 217 g/mol. The molecule has 1 heterocycles. The van der Waals surface area contributed by atoms with Crippen LogP contribution in [0.15, 0.2) is 0 Å². The second-order valence-corrected chi connectivity index (χ2v) is 3.32. The summed E-state index contributed by atoms with van der Waals surface area (Å²) in [5, 5.41) is 3.68. The number of amides is 1. The predicted octanol–water partition coefficient (Wildman–Crippen LogP) is -0.675. The zero-order valence-corrected chi connectivity index (χ0v) is 8.33. The van der Waals surface area contributed by atoms with Gasteiger partial charge in [-0.3, -0.25) is 15.6 Å². The Kier molecular flexibility index (Phi) is 3.09. The van der Waals surface area contributed by atoms with Gasteiger partial charge in [0.25, 0.3) is 5.91 Å². The molecule has 0 atom stereocenters. The Morgan fingerprint density at radius 3 is 2.77 bits per heavy atom. The van der Waals surface area contributed by atoms with Gasteiger partial charge in [-0.15, -0.1) is 5.10 Å². The number of nitrogens with zero attached hydrogens (tertiary/aromatic N) is 2. The first kappa shape index (κ1) is 9.81. The Labute approximate surface area is 83.6 Å². The lowest BCUT2D eigenvalue weighted by atomic mass is 10.4. The van der Waals surface area contributed by atoms with Crippen LogP contribution in [-0.2, 0) is 0 Å². The smallest absolute Gasteiger partial charge is 0.283 e. The average Bonchev–Trinajstić information content (AvgIpc) is 2.47. The quantitative estimate of drug-likeness (QED) is 0.426. The summed E-state index contributed by atoms with van der Waals surface area (Å²) in [4.78, 5) is 11.7. The molecule has 0 aliphatic carbocycles. The van der Waals surface area contributed by atoms with E-state index in [0.29, 0.717) is 10.6 Å². The van der Waals surface area contributed by atoms with Crippen LogP contribution in [0.25, 0.3) is 0 Å². The molecule has 0 bridgehead atoms. The second-order valence-electron chi connectivity index (χ2n) is 2.13. The van der Waals surface area contributed by atoms with E-state index in [1.165, 1.54) is 0 Å². The summed E-state index contributed by atoms with van der Waals surface area (Å²) < 4.78 is 3.61. The zero-order chi connectivity index (χ0) is 9.84. The minimum Gasteiger partial charge on any atom is -0.375 e. The van der Waals surface area contributed by atoms with Crippen molar-refractivity contribution in [3.05, 3.63) is 10.6 Å². The van der Waals surface area contributed by atoms with Crippen molar-refractivity contribution in [3.8, 4) is 0 Å². The van der Waals surface area contributed by atoms with E-state index in [0.717, 1.165) is 11.5 Å². The van der Waals surface area contributed by atoms with Gasteiger partial charge < -0.3 is 5.73 Å². The van der Waals surface area contributed by atoms with Crippen LogP contribution in [0.5, 0.6) is 0 Å². The van der Waals surface area contributed by atoms with Gasteiger partial charge in [0, 0.05) is 0 Å². The Morgan fingerprint density at radius 2 is 2.31 bits per heavy atom. The van der Waals surface area contributed by atoms with Crippen molar-refractivity contribution < 1.29 is 4.79 Å². The Hall–Kier alpha value is -1.28. The summed E-state index contributed by atoms with van der Waals surface area (Å²) in [6, 6.07) is 0. The molecule has 1 aromatic heterocycles. The SMILES string of the molecule is Cc1nnsc1C(=O)NNC(N)=S. The van der Waals surface area contributed by atoms with Crippen LogP contribution in [0.1, 0.15) is 15.4 Å². The molecule has 1 rings (SSSR count). The van der Waals surface area contributed by atoms with E-state index in [2.05, 4.69) is 32.7 Å². The zero-order valence-electron chi connectivity index (χ0n) is 6.70. The molecule has 13 heavy (non-hydrogen) atoms. The number of thiocarbonyl (C=S) groups is 1. The van der Waals surface area contributed by atoms with E-state index in [1.54, 1.807) is 6.92 Å². The highest BCUT2D eigenvalue weighted by Crippen LogP contribution is 2.07. The van der Waals surface area contributed by atoms with Gasteiger partial charge in [-0.05, 0) is 30.7 Å². The summed E-state index contributed by atoms with van der Waals surface area (Å²) in [5.41, 5.74) is 10.3. The summed E-state index contributed by atoms with van der Waals surface area (Å²) in [5.74, 6) is -0.347. The first-order valence-electron chi connectivity index (χ1n) is 3.26. The first-order valence-corrected chi connectivity index (χ1v) is 4.44. The van der Waals surface area contributed by atoms with Crippen molar-refractivity contribution in [2.24, 2.45) is 5.73 Å². The van der Waals surface area contributed by atoms with E-state index in [1.807, 2.05) is 0 Å². The fraction of sp³-hybridized carbons (Fsp3) is 0.200. The number of nitrogens with one attached hydrogen (secondary N) is 2. The maximum absolute atomic E-state index is 11.3. The maximum atomic E-state index is 11.3. The van der Waals surface area contributed by atoms with Crippen LogP contribution < -0.4 is 16.6 Å². The Bertz CT molecular complexity index is 335. The number of hydrazine groups is 1. The van der Waals surface area contributed by atoms with Crippen LogP contribution in [0.3, 0.4) is 0 Å². The van der Waals surface area contributed by atoms with Crippen LogP contribution in [0.2, 0.25) is 0 Å². The lowest BCUT2D eigenvalue weighted by Gasteiger charge is -2.03. The fourth-order valence-corrected chi connectivity index (χ4v) is 1.22. The topological polar surface area (TPSA) is 92.9 Å². The molecule has 0 saturated heterocycles. The third-order valence-corrected chi connectivity index (χ3v) is 2.09. The maximum Gasteiger partial charge on any atom is 0.283 e. The summed E-state index contributed by atoms with van der Waals surface area (Å²) in [7, 11) is 0. The lowest BCUT2D eigenvalue weighted by Crippen LogP contribution is -2.44. The molecule has 0 aromatic carbocycles. The molecule has 0 fully saturated rings. The highest BCUT2D eigenvalue weighted by molar-refractivity contribution is 7.80. The molecule has 1 amide bonds. The third kappa shape index (κ3) is 2.60. The number of carbonyl (C=O) groups excluding carboxylic acids is 1. The standard InChI is InChI=1S/C5H7N5OS2/c1-2-3(13-10-7-2)4(11)8-9-5(6)12/h1H3,(H,8,11)(H3,6,9,12). The molecule has 0 aliphatic heterocycles. The molecule has 0 radical (unpaired) electrons. The molecule has 0 spiro atoms. The van der Waals surface area contributed by atoms with Crippen LogP contribution in [-0.4, -0.2) is 20.6 Å². The van der Waals surface area contributed by atoms with Crippen molar-refractivity contribution >= 4 is 34.8 Å². The van der Waals surface area contributed by atoms with Gasteiger partial charge in [0.15, 0.2) is 5.11 Å². The van der Waals surface area contributed by atoms with Crippen molar-refractivity contribution in [3.63, 3.8) is 0 Å². The highest BCUT2D eigenvalue weighted by atomic mass is 32.1. The van der Waals surface area contributed by atoms with Crippen molar-refractivity contribution in [1.82, 2.24) is 20.4 Å². The third-order valence-electron chi connectivity index (χ3n) is 1.16. The van der Waals surface area contributed by atoms with Gasteiger partial charge in [0.05, 0.1) is 5.69 Å². The average molecular weight is 217 g/mol. The molecule has 4 N–H and O–H groups in total. The Balaban J connectivity index is 2.59. The number of nitrogens with two attached hydrogens (primary N) is 1. The largest absolute Gasteiger partial charge is 0.375 e. The lowest BCUT2D eigenvalue weighted by molar-refractivity contribution is 0.0947. The number of hydrogen-bond donors (Lipinski definition) is 3. The van der Waals surface area contributed by atoms with Gasteiger partial charge >= 0.3 is 0 Å². The van der Waals surface area contributed by atoms with E-state index < -0.39 is 0 Å². The number of carbonyl (C=O) groups is 1. The molecule has 6 nitrogen and oxygen atoms in total. The van der Waals surface area contributed by atoms with Gasteiger partial charge in [-0.2, -0.15) is 0 Å².